The number of carbonyl (C=O) groups is 2. The lowest BCUT2D eigenvalue weighted by molar-refractivity contribution is -0.122. The van der Waals surface area contributed by atoms with Crippen LogP contribution in [0.2, 0.25) is 0 Å². The molecule has 0 spiro atoms. The van der Waals surface area contributed by atoms with Gasteiger partial charge < -0.3 is 10.2 Å². The lowest BCUT2D eigenvalue weighted by Crippen LogP contribution is -2.28. The van der Waals surface area contributed by atoms with Crippen molar-refractivity contribution in [2.24, 2.45) is 5.92 Å². The summed E-state index contributed by atoms with van der Waals surface area (Å²) in [7, 11) is 0. The summed E-state index contributed by atoms with van der Waals surface area (Å²) in [6.07, 6.45) is 2.11. The van der Waals surface area contributed by atoms with Crippen LogP contribution in [0.4, 0.5) is 10.8 Å². The maximum Gasteiger partial charge on any atom is 0.231 e. The Balaban J connectivity index is 1.64. The van der Waals surface area contributed by atoms with Crippen molar-refractivity contribution >= 4 is 45.7 Å². The summed E-state index contributed by atoms with van der Waals surface area (Å²) in [5.41, 5.74) is 2.02. The highest BCUT2D eigenvalue weighted by Crippen LogP contribution is 2.32. The van der Waals surface area contributed by atoms with Crippen molar-refractivity contribution in [2.75, 3.05) is 16.8 Å². The van der Waals surface area contributed by atoms with E-state index in [0.29, 0.717) is 16.9 Å². The van der Waals surface area contributed by atoms with Crippen LogP contribution in [0.5, 0.6) is 0 Å². The molecule has 1 N–H and O–H groups in total. The third-order valence-corrected chi connectivity index (χ3v) is 6.86. The molecule has 1 aromatic carbocycles. The zero-order valence-electron chi connectivity index (χ0n) is 15.8. The van der Waals surface area contributed by atoms with Gasteiger partial charge in [-0.15, -0.1) is 10.2 Å². The van der Waals surface area contributed by atoms with Gasteiger partial charge in [0, 0.05) is 23.9 Å². The van der Waals surface area contributed by atoms with E-state index in [1.165, 1.54) is 11.3 Å². The van der Waals surface area contributed by atoms with Crippen molar-refractivity contribution in [3.8, 4) is 0 Å². The molecule has 1 aliphatic rings. The van der Waals surface area contributed by atoms with Crippen molar-refractivity contribution < 1.29 is 9.59 Å². The topological polar surface area (TPSA) is 75.2 Å². The van der Waals surface area contributed by atoms with Crippen molar-refractivity contribution in [3.05, 3.63) is 29.8 Å². The van der Waals surface area contributed by atoms with Crippen molar-refractivity contribution in [1.82, 2.24) is 10.2 Å². The number of amides is 2. The van der Waals surface area contributed by atoms with Gasteiger partial charge in [0.1, 0.15) is 0 Å². The smallest absolute Gasteiger partial charge is 0.231 e. The third-order valence-electron chi connectivity index (χ3n) is 4.67. The van der Waals surface area contributed by atoms with E-state index in [4.69, 9.17) is 0 Å². The van der Waals surface area contributed by atoms with Crippen LogP contribution in [0.1, 0.15) is 39.2 Å². The number of hydrogen-bond acceptors (Lipinski definition) is 6. The molecule has 1 fully saturated rings. The number of para-hydroxylation sites is 1. The minimum Gasteiger partial charge on any atom is -0.311 e. The number of rotatable bonds is 7. The summed E-state index contributed by atoms with van der Waals surface area (Å²) < 4.78 is 0.848. The summed E-state index contributed by atoms with van der Waals surface area (Å²) >= 11 is 3.04. The Hall–Kier alpha value is -1.93. The molecule has 2 amide bonds. The fourth-order valence-corrected chi connectivity index (χ4v) is 4.96. The minimum absolute atomic E-state index is 0.0127. The molecule has 27 heavy (non-hydrogen) atoms. The number of anilines is 2. The average Bonchev–Trinajstić information content (AvgIpc) is 3.27. The first-order valence-electron chi connectivity index (χ1n) is 9.21. The lowest BCUT2D eigenvalue weighted by atomic mass is 10.1. The van der Waals surface area contributed by atoms with Crippen LogP contribution in [0, 0.1) is 5.92 Å². The number of carbonyl (C=O) groups excluding carboxylic acids is 2. The first kappa shape index (κ1) is 19.8. The van der Waals surface area contributed by atoms with E-state index in [0.717, 1.165) is 28.4 Å². The van der Waals surface area contributed by atoms with Gasteiger partial charge in [-0.25, -0.2) is 0 Å². The lowest BCUT2D eigenvalue weighted by Gasteiger charge is -2.19. The van der Waals surface area contributed by atoms with Crippen LogP contribution >= 0.6 is 23.1 Å². The number of thioether (sulfide) groups is 1. The van der Waals surface area contributed by atoms with Gasteiger partial charge >= 0.3 is 0 Å². The summed E-state index contributed by atoms with van der Waals surface area (Å²) in [5, 5.41) is 12.0. The van der Waals surface area contributed by atoms with E-state index in [2.05, 4.69) is 36.3 Å². The summed E-state index contributed by atoms with van der Waals surface area (Å²) in [5.74, 6) is -0.561. The maximum atomic E-state index is 12.6. The van der Waals surface area contributed by atoms with E-state index in [9.17, 15) is 9.59 Å². The zero-order valence-corrected chi connectivity index (χ0v) is 17.4. The van der Waals surface area contributed by atoms with Gasteiger partial charge in [0.2, 0.25) is 16.9 Å². The largest absolute Gasteiger partial charge is 0.311 e. The molecule has 2 aromatic rings. The number of benzene rings is 1. The van der Waals surface area contributed by atoms with Crippen LogP contribution in [0.3, 0.4) is 0 Å². The van der Waals surface area contributed by atoms with Crippen molar-refractivity contribution in [2.45, 2.75) is 49.6 Å². The second-order valence-corrected chi connectivity index (χ2v) is 9.25. The quantitative estimate of drug-likeness (QED) is 0.558. The Morgan fingerprint density at radius 3 is 2.89 bits per heavy atom. The maximum absolute atomic E-state index is 12.6. The first-order chi connectivity index (χ1) is 13.0. The molecule has 1 saturated heterocycles. The molecule has 144 valence electrons. The summed E-state index contributed by atoms with van der Waals surface area (Å²) in [4.78, 5) is 26.8. The number of hydrogen-bond donors (Lipinski definition) is 1. The Morgan fingerprint density at radius 2 is 2.15 bits per heavy atom. The molecule has 2 atom stereocenters. The standard InChI is InChI=1S/C19H24N4O2S2/c1-4-12(3)26-19-22-21-18(27-19)20-17(25)14-10-16(24)23(11-14)15-9-7-6-8-13(15)5-2/h6-9,12,14H,4-5,10-11H2,1-3H3,(H,20,21,25). The average molecular weight is 405 g/mol. The van der Waals surface area contributed by atoms with Gasteiger partial charge in [0.05, 0.1) is 5.92 Å². The number of nitrogens with one attached hydrogen (secondary N) is 1. The van der Waals surface area contributed by atoms with Gasteiger partial charge in [-0.2, -0.15) is 0 Å². The molecule has 8 heteroatoms. The van der Waals surface area contributed by atoms with Gasteiger partial charge in [-0.3, -0.25) is 9.59 Å². The monoisotopic (exact) mass is 404 g/mol. The normalized spacial score (nSPS) is 18.0. The highest BCUT2D eigenvalue weighted by molar-refractivity contribution is 8.01. The van der Waals surface area contributed by atoms with Crippen molar-refractivity contribution in [3.63, 3.8) is 0 Å². The Bertz CT molecular complexity index is 824. The Labute approximate surface area is 167 Å². The van der Waals surface area contributed by atoms with Crippen LogP contribution < -0.4 is 10.2 Å². The number of aryl methyl sites for hydroxylation is 1. The molecule has 1 aromatic heterocycles. The van der Waals surface area contributed by atoms with Crippen LogP contribution in [0.25, 0.3) is 0 Å². The van der Waals surface area contributed by atoms with Gasteiger partial charge in [-0.05, 0) is 24.5 Å². The van der Waals surface area contributed by atoms with Crippen LogP contribution in [-0.4, -0.2) is 33.8 Å². The Morgan fingerprint density at radius 1 is 1.37 bits per heavy atom. The fraction of sp³-hybridized carbons (Fsp3) is 0.474. The summed E-state index contributed by atoms with van der Waals surface area (Å²) in [6, 6.07) is 7.86. The number of aromatic nitrogens is 2. The SMILES string of the molecule is CCc1ccccc1N1CC(C(=O)Nc2nnc(SC(C)CC)s2)CC1=O. The van der Waals surface area contributed by atoms with E-state index >= 15 is 0 Å². The van der Waals surface area contributed by atoms with E-state index < -0.39 is 0 Å². The molecule has 6 nitrogen and oxygen atoms in total. The Kier molecular flexibility index (Phi) is 6.49. The molecule has 2 heterocycles. The van der Waals surface area contributed by atoms with Gasteiger partial charge in [0.15, 0.2) is 4.34 Å². The second kappa shape index (κ2) is 8.84. The molecule has 2 unspecified atom stereocenters. The van der Waals surface area contributed by atoms with Crippen molar-refractivity contribution in [1.29, 1.82) is 0 Å². The second-order valence-electron chi connectivity index (χ2n) is 6.59. The molecule has 0 radical (unpaired) electrons. The van der Waals surface area contributed by atoms with E-state index in [-0.39, 0.29) is 24.2 Å². The van der Waals surface area contributed by atoms with Crippen LogP contribution in [-0.2, 0) is 16.0 Å². The molecular weight excluding hydrogens is 380 g/mol. The minimum atomic E-state index is -0.378. The van der Waals surface area contributed by atoms with Gasteiger partial charge in [0.25, 0.3) is 0 Å². The molecular formula is C19H24N4O2S2. The van der Waals surface area contributed by atoms with Gasteiger partial charge in [-0.1, -0.05) is 62.1 Å². The molecule has 3 rings (SSSR count). The third kappa shape index (κ3) is 4.68. The molecule has 1 aliphatic heterocycles. The van der Waals surface area contributed by atoms with E-state index in [1.54, 1.807) is 16.7 Å². The highest BCUT2D eigenvalue weighted by atomic mass is 32.2. The van der Waals surface area contributed by atoms with Crippen LogP contribution in [0.15, 0.2) is 28.6 Å². The molecule has 0 aliphatic carbocycles. The van der Waals surface area contributed by atoms with E-state index in [1.807, 2.05) is 24.3 Å². The fourth-order valence-electron chi connectivity index (χ4n) is 2.96. The zero-order chi connectivity index (χ0) is 19.4. The highest BCUT2D eigenvalue weighted by Gasteiger charge is 2.36. The first-order valence-corrected chi connectivity index (χ1v) is 10.9. The molecule has 0 saturated carbocycles. The predicted octanol–water partition coefficient (Wildman–Crippen LogP) is 3.98. The summed E-state index contributed by atoms with van der Waals surface area (Å²) in [6.45, 7) is 6.72. The number of nitrogens with zero attached hydrogens (tertiary/aromatic N) is 3. The predicted molar refractivity (Wildman–Crippen MR) is 110 cm³/mol. The molecule has 0 bridgehead atoms.